The molecular formula is C35H39ClN6O4. The van der Waals surface area contributed by atoms with Gasteiger partial charge in [0.2, 0.25) is 17.7 Å². The van der Waals surface area contributed by atoms with Crippen molar-refractivity contribution < 1.29 is 19.2 Å². The van der Waals surface area contributed by atoms with Crippen molar-refractivity contribution in [2.75, 3.05) is 38.3 Å². The number of likely N-dealkylation sites (N-methyl/N-ethyl adjacent to an activating group) is 1. The van der Waals surface area contributed by atoms with Crippen LogP contribution in [0.1, 0.15) is 29.5 Å². The monoisotopic (exact) mass is 642 g/mol. The van der Waals surface area contributed by atoms with Crippen molar-refractivity contribution >= 4 is 40.9 Å². The fourth-order valence-corrected chi connectivity index (χ4v) is 6.99. The van der Waals surface area contributed by atoms with E-state index in [0.29, 0.717) is 50.3 Å². The number of fused-ring (bicyclic) bond motifs is 1. The molecule has 3 aliphatic heterocycles. The van der Waals surface area contributed by atoms with E-state index in [1.165, 1.54) is 5.56 Å². The number of benzene rings is 3. The van der Waals surface area contributed by atoms with Gasteiger partial charge < -0.3 is 30.7 Å². The van der Waals surface area contributed by atoms with Crippen LogP contribution in [0, 0.1) is 0 Å². The van der Waals surface area contributed by atoms with Crippen LogP contribution in [0.15, 0.2) is 78.9 Å². The fraction of sp³-hybridized carbons (Fsp3) is 0.371. The lowest BCUT2D eigenvalue weighted by atomic mass is 9.85. The van der Waals surface area contributed by atoms with Crippen molar-refractivity contribution in [1.29, 1.82) is 0 Å². The highest BCUT2D eigenvalue weighted by Gasteiger charge is 2.54. The van der Waals surface area contributed by atoms with Crippen LogP contribution in [0.2, 0.25) is 5.02 Å². The number of rotatable bonds is 8. The summed E-state index contributed by atoms with van der Waals surface area (Å²) in [7, 11) is 1.56. The van der Waals surface area contributed by atoms with Crippen molar-refractivity contribution in [3.05, 3.63) is 101 Å². The lowest BCUT2D eigenvalue weighted by Gasteiger charge is -2.44. The highest BCUT2D eigenvalue weighted by molar-refractivity contribution is 6.30. The molecule has 0 aliphatic carbocycles. The molecule has 2 atom stereocenters. The maximum Gasteiger partial charge on any atom is 0.250 e. The van der Waals surface area contributed by atoms with Crippen molar-refractivity contribution in [1.82, 2.24) is 25.8 Å². The van der Waals surface area contributed by atoms with Gasteiger partial charge in [-0.2, -0.15) is 0 Å². The molecule has 0 saturated carbocycles. The Kier molecular flexibility index (Phi) is 9.28. The number of nitrogens with one attached hydrogen (secondary N) is 3. The molecule has 4 amide bonds. The molecule has 240 valence electrons. The van der Waals surface area contributed by atoms with Crippen molar-refractivity contribution in [3.63, 3.8) is 0 Å². The van der Waals surface area contributed by atoms with Gasteiger partial charge in [0, 0.05) is 43.8 Å². The van der Waals surface area contributed by atoms with E-state index in [2.05, 4.69) is 26.9 Å². The maximum absolute atomic E-state index is 14.2. The molecule has 2 fully saturated rings. The van der Waals surface area contributed by atoms with Crippen LogP contribution in [0.4, 0.5) is 5.69 Å². The molecule has 3 aromatic carbocycles. The Balaban J connectivity index is 1.20. The number of hydrogen-bond donors (Lipinski definition) is 3. The minimum absolute atomic E-state index is 0.0298. The fourth-order valence-electron chi connectivity index (χ4n) is 6.86. The zero-order chi connectivity index (χ0) is 32.3. The molecule has 3 aromatic rings. The smallest absolute Gasteiger partial charge is 0.250 e. The van der Waals surface area contributed by atoms with Gasteiger partial charge in [0.05, 0.1) is 12.7 Å². The van der Waals surface area contributed by atoms with Crippen LogP contribution >= 0.6 is 11.6 Å². The first-order chi connectivity index (χ1) is 22.3. The summed E-state index contributed by atoms with van der Waals surface area (Å²) in [6.45, 7) is 1.52. The normalized spacial score (nSPS) is 19.5. The zero-order valence-corrected chi connectivity index (χ0v) is 26.6. The van der Waals surface area contributed by atoms with Gasteiger partial charge in [-0.25, -0.2) is 0 Å². The topological polar surface area (TPSA) is 114 Å². The SMILES string of the molecule is CNC(=O)CN1CN(c2ccccc2)C2(CCN(C(=O)C(Cc3ccc(Cl)cc3)NC(=O)C3Cc4ccccc4CN3)CC2)C1=O. The third-order valence-corrected chi connectivity index (χ3v) is 9.72. The van der Waals surface area contributed by atoms with E-state index in [4.69, 9.17) is 11.6 Å². The van der Waals surface area contributed by atoms with E-state index in [0.717, 1.165) is 16.8 Å². The molecular weight excluding hydrogens is 604 g/mol. The lowest BCUT2D eigenvalue weighted by molar-refractivity contribution is -0.141. The van der Waals surface area contributed by atoms with Crippen LogP contribution in [-0.4, -0.2) is 84.4 Å². The molecule has 2 saturated heterocycles. The van der Waals surface area contributed by atoms with Gasteiger partial charge >= 0.3 is 0 Å². The zero-order valence-electron chi connectivity index (χ0n) is 25.9. The van der Waals surface area contributed by atoms with E-state index in [9.17, 15) is 19.2 Å². The summed E-state index contributed by atoms with van der Waals surface area (Å²) in [5.74, 6) is -0.751. The second kappa shape index (κ2) is 13.5. The van der Waals surface area contributed by atoms with Crippen molar-refractivity contribution in [2.24, 2.45) is 0 Å². The summed E-state index contributed by atoms with van der Waals surface area (Å²) in [6.07, 6.45) is 1.65. The van der Waals surface area contributed by atoms with Crippen LogP contribution in [-0.2, 0) is 38.6 Å². The van der Waals surface area contributed by atoms with E-state index in [-0.39, 0.29) is 36.8 Å². The van der Waals surface area contributed by atoms with Crippen LogP contribution in [0.25, 0.3) is 0 Å². The second-order valence-corrected chi connectivity index (χ2v) is 12.7. The van der Waals surface area contributed by atoms with Gasteiger partial charge in [-0.05, 0) is 60.2 Å². The standard InChI is InChI=1S/C35H39ClN6O4/c1-37-31(43)22-41-23-42(28-9-3-2-4-10-28)35(34(41)46)15-17-40(18-16-35)33(45)30(19-24-11-13-27(36)14-12-24)39-32(44)29-20-25-7-5-6-8-26(25)21-38-29/h2-14,29-30,38H,15-23H2,1H3,(H,37,43)(H,39,44). The number of piperidine rings is 1. The number of carbonyl (C=O) groups excluding carboxylic acids is 4. The van der Waals surface area contributed by atoms with Crippen LogP contribution < -0.4 is 20.9 Å². The molecule has 3 heterocycles. The number of halogens is 1. The summed E-state index contributed by atoms with van der Waals surface area (Å²) >= 11 is 6.12. The second-order valence-electron chi connectivity index (χ2n) is 12.2. The molecule has 0 aromatic heterocycles. The van der Waals surface area contributed by atoms with Crippen LogP contribution in [0.3, 0.4) is 0 Å². The van der Waals surface area contributed by atoms with Gasteiger partial charge in [0.25, 0.3) is 5.91 Å². The van der Waals surface area contributed by atoms with Gasteiger partial charge in [0.1, 0.15) is 18.1 Å². The molecule has 3 aliphatic rings. The van der Waals surface area contributed by atoms with Crippen molar-refractivity contribution in [2.45, 2.75) is 49.9 Å². The number of carbonyl (C=O) groups is 4. The number of amides is 4. The number of para-hydroxylation sites is 1. The average Bonchev–Trinajstić information content (AvgIpc) is 3.35. The van der Waals surface area contributed by atoms with Crippen molar-refractivity contribution in [3.8, 4) is 0 Å². The third kappa shape index (κ3) is 6.45. The van der Waals surface area contributed by atoms with E-state index in [1.54, 1.807) is 29.0 Å². The number of anilines is 1. The minimum atomic E-state index is -0.875. The molecule has 0 bridgehead atoms. The summed E-state index contributed by atoms with van der Waals surface area (Å²) in [6, 6.07) is 23.8. The predicted molar refractivity (Wildman–Crippen MR) is 176 cm³/mol. The molecule has 2 unspecified atom stereocenters. The Morgan fingerprint density at radius 3 is 2.33 bits per heavy atom. The van der Waals surface area contributed by atoms with E-state index in [1.807, 2.05) is 60.7 Å². The Morgan fingerprint density at radius 1 is 0.957 bits per heavy atom. The number of nitrogens with zero attached hydrogens (tertiary/aromatic N) is 3. The predicted octanol–water partition coefficient (Wildman–Crippen LogP) is 2.50. The first kappa shape index (κ1) is 31.6. The third-order valence-electron chi connectivity index (χ3n) is 9.46. The first-order valence-electron chi connectivity index (χ1n) is 15.7. The molecule has 6 rings (SSSR count). The van der Waals surface area contributed by atoms with E-state index >= 15 is 0 Å². The Bertz CT molecular complexity index is 1590. The number of likely N-dealkylation sites (tertiary alicyclic amines) is 1. The Labute approximate surface area is 274 Å². The lowest BCUT2D eigenvalue weighted by Crippen LogP contribution is -2.60. The summed E-state index contributed by atoms with van der Waals surface area (Å²) in [5.41, 5.74) is 3.19. The quantitative estimate of drug-likeness (QED) is 0.348. The molecule has 10 nitrogen and oxygen atoms in total. The molecule has 1 spiro atoms. The summed E-state index contributed by atoms with van der Waals surface area (Å²) in [4.78, 5) is 59.4. The summed E-state index contributed by atoms with van der Waals surface area (Å²) < 4.78 is 0. The first-order valence-corrected chi connectivity index (χ1v) is 16.1. The highest BCUT2D eigenvalue weighted by Crippen LogP contribution is 2.39. The van der Waals surface area contributed by atoms with Gasteiger partial charge in [-0.15, -0.1) is 0 Å². The minimum Gasteiger partial charge on any atom is -0.358 e. The highest BCUT2D eigenvalue weighted by atomic mass is 35.5. The van der Waals surface area contributed by atoms with Gasteiger partial charge in [-0.3, -0.25) is 19.2 Å². The molecule has 11 heteroatoms. The maximum atomic E-state index is 14.2. The Hall–Kier alpha value is -4.41. The largest absolute Gasteiger partial charge is 0.358 e. The molecule has 46 heavy (non-hydrogen) atoms. The van der Waals surface area contributed by atoms with Gasteiger partial charge in [0.15, 0.2) is 0 Å². The summed E-state index contributed by atoms with van der Waals surface area (Å²) in [5, 5.41) is 9.58. The van der Waals surface area contributed by atoms with Gasteiger partial charge in [-0.1, -0.05) is 66.2 Å². The Morgan fingerprint density at radius 2 is 1.63 bits per heavy atom. The van der Waals surface area contributed by atoms with Crippen LogP contribution in [0.5, 0.6) is 0 Å². The number of hydrogen-bond acceptors (Lipinski definition) is 6. The van der Waals surface area contributed by atoms with E-state index < -0.39 is 17.6 Å². The average molecular weight is 643 g/mol. The molecule has 0 radical (unpaired) electrons. The molecule has 3 N–H and O–H groups in total.